The van der Waals surface area contributed by atoms with E-state index in [1.807, 2.05) is 25.1 Å². The van der Waals surface area contributed by atoms with Crippen LogP contribution in [0, 0.1) is 0 Å². The summed E-state index contributed by atoms with van der Waals surface area (Å²) < 4.78 is 7.57. The summed E-state index contributed by atoms with van der Waals surface area (Å²) in [7, 11) is 0. The van der Waals surface area contributed by atoms with Crippen LogP contribution >= 0.6 is 11.8 Å². The second-order valence-corrected chi connectivity index (χ2v) is 8.69. The number of nitrogens with zero attached hydrogens (tertiary/aromatic N) is 4. The van der Waals surface area contributed by atoms with E-state index in [9.17, 15) is 4.79 Å². The van der Waals surface area contributed by atoms with Gasteiger partial charge in [-0.15, -0.1) is 10.2 Å². The summed E-state index contributed by atoms with van der Waals surface area (Å²) in [5.41, 5.74) is 3.54. The number of aromatic nitrogens is 4. The third kappa shape index (κ3) is 5.55. The number of hydrogen-bond acceptors (Lipinski definition) is 6. The summed E-state index contributed by atoms with van der Waals surface area (Å²) in [6.45, 7) is 4.10. The van der Waals surface area contributed by atoms with Gasteiger partial charge in [0.05, 0.1) is 11.8 Å². The van der Waals surface area contributed by atoms with Gasteiger partial charge >= 0.3 is 0 Å². The lowest BCUT2D eigenvalue weighted by molar-refractivity contribution is -0.119. The van der Waals surface area contributed by atoms with Crippen LogP contribution in [0.2, 0.25) is 0 Å². The molecule has 0 aliphatic heterocycles. The molecule has 2 aromatic heterocycles. The van der Waals surface area contributed by atoms with Crippen LogP contribution < -0.4 is 5.32 Å². The Hall–Kier alpha value is -2.71. The van der Waals surface area contributed by atoms with E-state index >= 15 is 0 Å². The molecule has 1 aliphatic carbocycles. The predicted octanol–water partition coefficient (Wildman–Crippen LogP) is 4.05. The molecule has 0 unspecified atom stereocenters. The normalized spacial score (nSPS) is 15.3. The molecule has 4 rings (SSSR count). The van der Waals surface area contributed by atoms with Crippen LogP contribution in [0.4, 0.5) is 0 Å². The number of carbonyl (C=O) groups is 1. The van der Waals surface area contributed by atoms with Crippen molar-refractivity contribution >= 4 is 17.7 Å². The fraction of sp³-hybridized carbons (Fsp3) is 0.417. The molecule has 1 N–H and O–H groups in total. The van der Waals surface area contributed by atoms with E-state index in [1.165, 1.54) is 22.9 Å². The summed E-state index contributed by atoms with van der Waals surface area (Å²) in [6, 6.07) is 12.3. The van der Waals surface area contributed by atoms with Crippen LogP contribution in [0.5, 0.6) is 0 Å². The van der Waals surface area contributed by atoms with Crippen LogP contribution in [0.25, 0.3) is 11.4 Å². The van der Waals surface area contributed by atoms with Gasteiger partial charge in [-0.2, -0.15) is 0 Å². The van der Waals surface area contributed by atoms with Crippen LogP contribution in [-0.4, -0.2) is 44.6 Å². The minimum Gasteiger partial charge on any atom is -0.382 e. The molecular weight excluding hydrogens is 422 g/mol. The number of hydrogen-bond donors (Lipinski definition) is 1. The lowest BCUT2D eigenvalue weighted by Crippen LogP contribution is -2.32. The smallest absolute Gasteiger partial charge is 0.230 e. The largest absolute Gasteiger partial charge is 0.382 e. The molecule has 1 amide bonds. The molecule has 8 heteroatoms. The molecule has 1 atom stereocenters. The first-order chi connectivity index (χ1) is 15.8. The zero-order chi connectivity index (χ0) is 22.2. The number of pyridine rings is 1. The third-order valence-corrected chi connectivity index (χ3v) is 6.53. The number of rotatable bonds is 10. The fourth-order valence-corrected chi connectivity index (χ4v) is 4.83. The van der Waals surface area contributed by atoms with Gasteiger partial charge in [-0.3, -0.25) is 9.78 Å². The van der Waals surface area contributed by atoms with E-state index in [0.29, 0.717) is 19.0 Å². The summed E-state index contributed by atoms with van der Waals surface area (Å²) in [4.78, 5) is 16.9. The molecule has 7 nitrogen and oxygen atoms in total. The zero-order valence-corrected chi connectivity index (χ0v) is 19.2. The Kier molecular flexibility index (Phi) is 7.90. The topological polar surface area (TPSA) is 81.9 Å². The highest BCUT2D eigenvalue weighted by molar-refractivity contribution is 7.99. The van der Waals surface area contributed by atoms with E-state index in [1.54, 1.807) is 12.4 Å². The standard InChI is InChI=1S/C24H29N5O2S/c1-2-31-16-6-15-29-23(19-11-13-25-14-12-19)27-28-24(29)32-17-22(30)26-21-10-5-8-18-7-3-4-9-20(18)21/h3-4,7,9,11-14,21H,2,5-6,8,10,15-17H2,1H3,(H,26,30)/t21-/m0/s1. The van der Waals surface area contributed by atoms with Gasteiger partial charge in [0.2, 0.25) is 5.91 Å². The fourth-order valence-electron chi connectivity index (χ4n) is 4.05. The monoisotopic (exact) mass is 451 g/mol. The molecule has 0 radical (unpaired) electrons. The molecular formula is C24H29N5O2S. The van der Waals surface area contributed by atoms with E-state index in [-0.39, 0.29) is 11.9 Å². The van der Waals surface area contributed by atoms with Crippen molar-refractivity contribution < 1.29 is 9.53 Å². The molecule has 1 aliphatic rings. The zero-order valence-electron chi connectivity index (χ0n) is 18.4. The first-order valence-electron chi connectivity index (χ1n) is 11.2. The van der Waals surface area contributed by atoms with Crippen LogP contribution in [0.1, 0.15) is 43.4 Å². The number of thioether (sulfide) groups is 1. The quantitative estimate of drug-likeness (QED) is 0.370. The first kappa shape index (κ1) is 22.5. The lowest BCUT2D eigenvalue weighted by Gasteiger charge is -2.26. The number of aryl methyl sites for hydroxylation is 1. The van der Waals surface area contributed by atoms with Crippen molar-refractivity contribution in [1.29, 1.82) is 0 Å². The first-order valence-corrected chi connectivity index (χ1v) is 12.2. The van der Waals surface area contributed by atoms with Crippen LogP contribution in [-0.2, 0) is 22.5 Å². The molecule has 32 heavy (non-hydrogen) atoms. The lowest BCUT2D eigenvalue weighted by atomic mass is 9.88. The average Bonchev–Trinajstić information content (AvgIpc) is 3.24. The molecule has 3 aromatic rings. The Morgan fingerprint density at radius 1 is 1.22 bits per heavy atom. The minimum atomic E-state index is 0.0195. The van der Waals surface area contributed by atoms with Crippen molar-refractivity contribution in [3.05, 3.63) is 59.9 Å². The maximum atomic E-state index is 12.8. The van der Waals surface area contributed by atoms with Crippen molar-refractivity contribution in [2.24, 2.45) is 0 Å². The Morgan fingerprint density at radius 2 is 2.06 bits per heavy atom. The van der Waals surface area contributed by atoms with Gasteiger partial charge in [0, 0.05) is 37.7 Å². The average molecular weight is 452 g/mol. The summed E-state index contributed by atoms with van der Waals surface area (Å²) in [5.74, 6) is 1.11. The van der Waals surface area contributed by atoms with E-state index in [0.717, 1.165) is 48.8 Å². The highest BCUT2D eigenvalue weighted by Crippen LogP contribution is 2.30. The molecule has 0 spiro atoms. The molecule has 168 valence electrons. The van der Waals surface area contributed by atoms with Crippen molar-refractivity contribution in [2.75, 3.05) is 19.0 Å². The number of benzene rings is 1. The number of amides is 1. The number of ether oxygens (including phenoxy) is 1. The van der Waals surface area contributed by atoms with Gasteiger partial charge in [0.15, 0.2) is 11.0 Å². The predicted molar refractivity (Wildman–Crippen MR) is 125 cm³/mol. The van der Waals surface area contributed by atoms with Gasteiger partial charge in [-0.1, -0.05) is 36.0 Å². The van der Waals surface area contributed by atoms with Gasteiger partial charge in [0.25, 0.3) is 0 Å². The molecule has 0 saturated carbocycles. The summed E-state index contributed by atoms with van der Waals surface area (Å²) >= 11 is 1.43. The Morgan fingerprint density at radius 3 is 2.91 bits per heavy atom. The summed E-state index contributed by atoms with van der Waals surface area (Å²) in [6.07, 6.45) is 7.50. The molecule has 0 bridgehead atoms. The highest BCUT2D eigenvalue weighted by atomic mass is 32.2. The van der Waals surface area contributed by atoms with Crippen molar-refractivity contribution in [2.45, 2.75) is 50.4 Å². The second-order valence-electron chi connectivity index (χ2n) is 7.74. The van der Waals surface area contributed by atoms with Crippen molar-refractivity contribution in [3.63, 3.8) is 0 Å². The maximum absolute atomic E-state index is 12.8. The van der Waals surface area contributed by atoms with Crippen molar-refractivity contribution in [1.82, 2.24) is 25.1 Å². The van der Waals surface area contributed by atoms with Gasteiger partial charge in [-0.05, 0) is 55.9 Å². The van der Waals surface area contributed by atoms with Gasteiger partial charge in [0.1, 0.15) is 0 Å². The van der Waals surface area contributed by atoms with Crippen LogP contribution in [0.15, 0.2) is 53.9 Å². The van der Waals surface area contributed by atoms with E-state index in [4.69, 9.17) is 4.74 Å². The number of carbonyl (C=O) groups excluding carboxylic acids is 1. The van der Waals surface area contributed by atoms with Crippen LogP contribution in [0.3, 0.4) is 0 Å². The maximum Gasteiger partial charge on any atom is 0.230 e. The second kappa shape index (κ2) is 11.2. The molecule has 1 aromatic carbocycles. The Labute approximate surface area is 193 Å². The van der Waals surface area contributed by atoms with E-state index < -0.39 is 0 Å². The van der Waals surface area contributed by atoms with Crippen molar-refractivity contribution in [3.8, 4) is 11.4 Å². The van der Waals surface area contributed by atoms with Gasteiger partial charge in [-0.25, -0.2) is 0 Å². The molecule has 0 fully saturated rings. The third-order valence-electron chi connectivity index (χ3n) is 5.57. The Balaban J connectivity index is 1.42. The summed E-state index contributed by atoms with van der Waals surface area (Å²) in [5, 5.41) is 12.7. The molecule has 0 saturated heterocycles. The number of fused-ring (bicyclic) bond motifs is 1. The van der Waals surface area contributed by atoms with Gasteiger partial charge < -0.3 is 14.6 Å². The number of nitrogens with one attached hydrogen (secondary N) is 1. The highest BCUT2D eigenvalue weighted by Gasteiger charge is 2.22. The Bertz CT molecular complexity index is 1020. The SMILES string of the molecule is CCOCCCn1c(SCC(=O)N[C@H]2CCCc3ccccc32)nnc1-c1ccncc1. The van der Waals surface area contributed by atoms with E-state index in [2.05, 4.69) is 43.3 Å². The molecule has 2 heterocycles. The minimum absolute atomic E-state index is 0.0195.